The first kappa shape index (κ1) is 30.5. The quantitative estimate of drug-likeness (QED) is 0.182. The van der Waals surface area contributed by atoms with Gasteiger partial charge in [-0.3, -0.25) is 0 Å². The summed E-state index contributed by atoms with van der Waals surface area (Å²) in [6, 6.07) is 61.2. The van der Waals surface area contributed by atoms with E-state index in [4.69, 9.17) is 4.98 Å². The summed E-state index contributed by atoms with van der Waals surface area (Å²) in [6.45, 7) is 0. The Balaban J connectivity index is 1.24. The van der Waals surface area contributed by atoms with Crippen LogP contribution in [0.3, 0.4) is 0 Å². The molecule has 0 saturated carbocycles. The number of aromatic nitrogens is 3. The normalized spacial score (nSPS) is 11.5. The highest BCUT2D eigenvalue weighted by atomic mass is 19.1. The first-order chi connectivity index (χ1) is 26.1. The molecule has 10 aromatic rings. The molecule has 0 radical (unpaired) electrons. The summed E-state index contributed by atoms with van der Waals surface area (Å²) in [6.07, 6.45) is 0. The molecule has 5 heteroatoms. The number of para-hydroxylation sites is 3. The van der Waals surface area contributed by atoms with Gasteiger partial charge < -0.3 is 9.13 Å². The van der Waals surface area contributed by atoms with E-state index in [2.05, 4.69) is 137 Å². The molecule has 0 fully saturated rings. The van der Waals surface area contributed by atoms with Gasteiger partial charge in [-0.2, -0.15) is 5.26 Å². The second kappa shape index (κ2) is 12.2. The van der Waals surface area contributed by atoms with Crippen molar-refractivity contribution in [2.75, 3.05) is 0 Å². The third-order valence-corrected chi connectivity index (χ3v) is 10.2. The van der Waals surface area contributed by atoms with Crippen molar-refractivity contribution in [3.05, 3.63) is 187 Å². The van der Waals surface area contributed by atoms with Crippen molar-refractivity contribution < 1.29 is 4.39 Å². The van der Waals surface area contributed by atoms with Gasteiger partial charge in [-0.15, -0.1) is 0 Å². The van der Waals surface area contributed by atoms with Crippen molar-refractivity contribution >= 4 is 43.6 Å². The van der Waals surface area contributed by atoms with Gasteiger partial charge in [-0.25, -0.2) is 9.37 Å². The minimum atomic E-state index is -0.295. The molecular formula is C48H29FN4. The van der Waals surface area contributed by atoms with Crippen LogP contribution >= 0.6 is 0 Å². The van der Waals surface area contributed by atoms with Gasteiger partial charge in [0.25, 0.3) is 0 Å². The fraction of sp³-hybridized carbons (Fsp3) is 0. The standard InChI is InChI=1S/C48H29FN4/c49-36-23-21-33(22-24-36)43-28-35(32-19-17-31(30-50)18-20-32)29-44(51-43)34-9-8-12-38(27-34)53-46-16-7-5-14-40(46)42-26-25-41-39-13-4-6-15-45(39)52(47(41)48(42)53)37-10-2-1-3-11-37/h1-29H. The number of halogens is 1. The molecule has 0 aliphatic rings. The van der Waals surface area contributed by atoms with Gasteiger partial charge in [0, 0.05) is 44.0 Å². The molecule has 0 N–H and O–H groups in total. The molecule has 7 aromatic carbocycles. The Labute approximate surface area is 304 Å². The Morgan fingerprint density at radius 2 is 0.981 bits per heavy atom. The number of nitrogens with zero attached hydrogens (tertiary/aromatic N) is 4. The molecule has 3 heterocycles. The summed E-state index contributed by atoms with van der Waals surface area (Å²) in [5.74, 6) is -0.295. The molecule has 0 atom stereocenters. The number of hydrogen-bond acceptors (Lipinski definition) is 2. The number of nitriles is 1. The van der Waals surface area contributed by atoms with Gasteiger partial charge in [-0.1, -0.05) is 91.0 Å². The van der Waals surface area contributed by atoms with Crippen LogP contribution in [0.2, 0.25) is 0 Å². The Morgan fingerprint density at radius 3 is 1.62 bits per heavy atom. The van der Waals surface area contributed by atoms with E-state index in [1.165, 1.54) is 33.7 Å². The molecule has 0 aliphatic heterocycles. The third-order valence-electron chi connectivity index (χ3n) is 10.2. The monoisotopic (exact) mass is 680 g/mol. The highest BCUT2D eigenvalue weighted by Gasteiger charge is 2.21. The number of fused-ring (bicyclic) bond motifs is 7. The average molecular weight is 681 g/mol. The van der Waals surface area contributed by atoms with Crippen molar-refractivity contribution in [3.8, 4) is 51.1 Å². The first-order valence-corrected chi connectivity index (χ1v) is 17.5. The maximum atomic E-state index is 14.0. The fourth-order valence-corrected chi connectivity index (χ4v) is 7.77. The van der Waals surface area contributed by atoms with Crippen LogP contribution in [0.5, 0.6) is 0 Å². The van der Waals surface area contributed by atoms with E-state index in [0.29, 0.717) is 5.56 Å². The highest BCUT2D eigenvalue weighted by Crippen LogP contribution is 2.42. The highest BCUT2D eigenvalue weighted by molar-refractivity contribution is 6.23. The zero-order valence-corrected chi connectivity index (χ0v) is 28.4. The zero-order chi connectivity index (χ0) is 35.5. The summed E-state index contributed by atoms with van der Waals surface area (Å²) in [7, 11) is 0. The number of rotatable bonds is 5. The molecule has 0 amide bonds. The van der Waals surface area contributed by atoms with Gasteiger partial charge in [0.15, 0.2) is 0 Å². The van der Waals surface area contributed by atoms with Crippen molar-refractivity contribution in [1.29, 1.82) is 5.26 Å². The van der Waals surface area contributed by atoms with Gasteiger partial charge >= 0.3 is 0 Å². The minimum absolute atomic E-state index is 0.295. The molecule has 10 rings (SSSR count). The number of hydrogen-bond donors (Lipinski definition) is 0. The Hall–Kier alpha value is -7.29. The number of pyridine rings is 1. The van der Waals surface area contributed by atoms with E-state index in [0.717, 1.165) is 67.1 Å². The number of benzene rings is 7. The SMILES string of the molecule is N#Cc1ccc(-c2cc(-c3ccc(F)cc3)nc(-c3cccc(-n4c5ccccc5c5ccc6c7ccccc7n(-c7ccccc7)c6c54)c3)c2)cc1. The Morgan fingerprint density at radius 1 is 0.434 bits per heavy atom. The lowest BCUT2D eigenvalue weighted by molar-refractivity contribution is 0.628. The summed E-state index contributed by atoms with van der Waals surface area (Å²) in [5, 5.41) is 14.2. The topological polar surface area (TPSA) is 46.5 Å². The van der Waals surface area contributed by atoms with Gasteiger partial charge in [0.05, 0.1) is 45.1 Å². The lowest BCUT2D eigenvalue weighted by Crippen LogP contribution is -1.99. The summed E-state index contributed by atoms with van der Waals surface area (Å²) < 4.78 is 18.8. The molecule has 0 saturated heterocycles. The van der Waals surface area contributed by atoms with Gasteiger partial charge in [0.1, 0.15) is 5.82 Å². The smallest absolute Gasteiger partial charge is 0.123 e. The molecule has 0 unspecified atom stereocenters. The third kappa shape index (κ3) is 5.00. The van der Waals surface area contributed by atoms with Crippen molar-refractivity contribution in [2.45, 2.75) is 0 Å². The van der Waals surface area contributed by atoms with E-state index in [1.807, 2.05) is 30.3 Å². The van der Waals surface area contributed by atoms with Crippen molar-refractivity contribution in [2.24, 2.45) is 0 Å². The Bertz CT molecular complexity index is 3060. The lowest BCUT2D eigenvalue weighted by Gasteiger charge is -2.14. The molecule has 0 bridgehead atoms. The zero-order valence-electron chi connectivity index (χ0n) is 28.4. The minimum Gasteiger partial charge on any atom is -0.307 e. The van der Waals surface area contributed by atoms with Crippen LogP contribution in [0.1, 0.15) is 5.56 Å². The average Bonchev–Trinajstić information content (AvgIpc) is 3.74. The molecule has 53 heavy (non-hydrogen) atoms. The van der Waals surface area contributed by atoms with E-state index in [9.17, 15) is 9.65 Å². The maximum absolute atomic E-state index is 14.0. The van der Waals surface area contributed by atoms with Gasteiger partial charge in [-0.05, 0) is 96.1 Å². The lowest BCUT2D eigenvalue weighted by atomic mass is 9.99. The second-order valence-electron chi connectivity index (χ2n) is 13.3. The van der Waals surface area contributed by atoms with Crippen LogP contribution < -0.4 is 0 Å². The second-order valence-corrected chi connectivity index (χ2v) is 13.3. The summed E-state index contributed by atoms with van der Waals surface area (Å²) in [4.78, 5) is 5.15. The molecule has 0 spiro atoms. The maximum Gasteiger partial charge on any atom is 0.123 e. The molecule has 3 aromatic heterocycles. The van der Waals surface area contributed by atoms with Crippen LogP contribution in [0.15, 0.2) is 176 Å². The van der Waals surface area contributed by atoms with E-state index >= 15 is 0 Å². The predicted octanol–water partition coefficient (Wildman–Crippen LogP) is 12.3. The Kier molecular flexibility index (Phi) is 7.02. The molecular weight excluding hydrogens is 652 g/mol. The molecule has 0 aliphatic carbocycles. The van der Waals surface area contributed by atoms with Crippen LogP contribution in [0, 0.1) is 17.1 Å². The van der Waals surface area contributed by atoms with Crippen molar-refractivity contribution in [3.63, 3.8) is 0 Å². The summed E-state index contributed by atoms with van der Waals surface area (Å²) in [5.41, 5.74) is 12.5. The van der Waals surface area contributed by atoms with E-state index in [-0.39, 0.29) is 5.82 Å². The molecule has 248 valence electrons. The van der Waals surface area contributed by atoms with E-state index in [1.54, 1.807) is 12.1 Å². The largest absolute Gasteiger partial charge is 0.307 e. The van der Waals surface area contributed by atoms with E-state index < -0.39 is 0 Å². The van der Waals surface area contributed by atoms with Crippen LogP contribution in [0.4, 0.5) is 4.39 Å². The van der Waals surface area contributed by atoms with Crippen LogP contribution in [-0.2, 0) is 0 Å². The molecule has 4 nitrogen and oxygen atoms in total. The summed E-state index contributed by atoms with van der Waals surface area (Å²) >= 11 is 0. The van der Waals surface area contributed by atoms with Gasteiger partial charge in [0.2, 0.25) is 0 Å². The first-order valence-electron chi connectivity index (χ1n) is 17.5. The van der Waals surface area contributed by atoms with Crippen LogP contribution in [0.25, 0.3) is 88.6 Å². The fourth-order valence-electron chi connectivity index (χ4n) is 7.77. The van der Waals surface area contributed by atoms with Crippen LogP contribution in [-0.4, -0.2) is 14.1 Å². The van der Waals surface area contributed by atoms with Crippen molar-refractivity contribution in [1.82, 2.24) is 14.1 Å². The predicted molar refractivity (Wildman–Crippen MR) is 214 cm³/mol.